The molecule has 1 amide bonds. The zero-order valence-corrected chi connectivity index (χ0v) is 12.6. The summed E-state index contributed by atoms with van der Waals surface area (Å²) < 4.78 is 0. The number of amides is 1. The van der Waals surface area contributed by atoms with Crippen molar-refractivity contribution in [3.63, 3.8) is 0 Å². The van der Waals surface area contributed by atoms with Gasteiger partial charge in [-0.15, -0.1) is 0 Å². The van der Waals surface area contributed by atoms with Gasteiger partial charge in [0.25, 0.3) is 0 Å². The Morgan fingerprint density at radius 3 is 2.90 bits per heavy atom. The Labute approximate surface area is 121 Å². The second-order valence-electron chi connectivity index (χ2n) is 5.71. The van der Waals surface area contributed by atoms with Gasteiger partial charge in [0.15, 0.2) is 0 Å². The van der Waals surface area contributed by atoms with E-state index >= 15 is 0 Å². The van der Waals surface area contributed by atoms with E-state index in [0.29, 0.717) is 19.0 Å². The Bertz CT molecular complexity index is 441. The van der Waals surface area contributed by atoms with E-state index in [-0.39, 0.29) is 5.91 Å². The Balaban J connectivity index is 1.67. The van der Waals surface area contributed by atoms with Crippen LogP contribution in [0.3, 0.4) is 0 Å². The van der Waals surface area contributed by atoms with Gasteiger partial charge in [-0.1, -0.05) is 0 Å². The molecule has 1 fully saturated rings. The minimum atomic E-state index is 0.144. The third kappa shape index (κ3) is 4.60. The zero-order chi connectivity index (χ0) is 14.4. The molecular formula is C16H25N3O. The van der Waals surface area contributed by atoms with Gasteiger partial charge in [0, 0.05) is 30.9 Å². The molecule has 2 heterocycles. The summed E-state index contributed by atoms with van der Waals surface area (Å²) >= 11 is 0. The highest BCUT2D eigenvalue weighted by atomic mass is 16.1. The van der Waals surface area contributed by atoms with Crippen LogP contribution in [0.4, 0.5) is 0 Å². The van der Waals surface area contributed by atoms with Gasteiger partial charge in [-0.05, 0) is 63.9 Å². The average Bonchev–Trinajstić information content (AvgIpc) is 2.97. The number of rotatable bonds is 6. The molecule has 110 valence electrons. The molecule has 1 aromatic heterocycles. The molecule has 20 heavy (non-hydrogen) atoms. The fourth-order valence-electron chi connectivity index (χ4n) is 2.71. The van der Waals surface area contributed by atoms with E-state index in [9.17, 15) is 4.79 Å². The minimum absolute atomic E-state index is 0.144. The lowest BCUT2D eigenvalue weighted by Gasteiger charge is -2.23. The van der Waals surface area contributed by atoms with Gasteiger partial charge < -0.3 is 10.2 Å². The number of carbonyl (C=O) groups is 1. The molecule has 1 aromatic rings. The van der Waals surface area contributed by atoms with Crippen molar-refractivity contribution in [3.05, 3.63) is 29.6 Å². The summed E-state index contributed by atoms with van der Waals surface area (Å²) in [5, 5.41) is 2.99. The van der Waals surface area contributed by atoms with Gasteiger partial charge in [-0.25, -0.2) is 0 Å². The van der Waals surface area contributed by atoms with Crippen molar-refractivity contribution < 1.29 is 4.79 Å². The van der Waals surface area contributed by atoms with E-state index in [2.05, 4.69) is 22.1 Å². The highest BCUT2D eigenvalue weighted by molar-refractivity contribution is 5.75. The molecular weight excluding hydrogens is 250 g/mol. The van der Waals surface area contributed by atoms with E-state index in [1.54, 1.807) is 6.20 Å². The largest absolute Gasteiger partial charge is 0.352 e. The molecule has 1 aliphatic rings. The van der Waals surface area contributed by atoms with Crippen LogP contribution >= 0.6 is 0 Å². The first-order valence-corrected chi connectivity index (χ1v) is 7.57. The molecule has 0 saturated carbocycles. The number of hydrogen-bond acceptors (Lipinski definition) is 3. The molecule has 1 aliphatic heterocycles. The average molecular weight is 275 g/mol. The smallest absolute Gasteiger partial charge is 0.220 e. The number of aromatic nitrogens is 1. The molecule has 2 rings (SSSR count). The molecule has 1 unspecified atom stereocenters. The lowest BCUT2D eigenvalue weighted by molar-refractivity contribution is -0.121. The van der Waals surface area contributed by atoms with Crippen LogP contribution < -0.4 is 5.32 Å². The van der Waals surface area contributed by atoms with Crippen LogP contribution in [0, 0.1) is 6.92 Å². The Hall–Kier alpha value is -1.42. The molecule has 4 heteroatoms. The summed E-state index contributed by atoms with van der Waals surface area (Å²) in [6, 6.07) is 4.47. The van der Waals surface area contributed by atoms with E-state index in [4.69, 9.17) is 0 Å². The fourth-order valence-corrected chi connectivity index (χ4v) is 2.71. The second kappa shape index (κ2) is 7.39. The first-order chi connectivity index (χ1) is 9.65. The van der Waals surface area contributed by atoms with Crippen molar-refractivity contribution in [2.45, 2.75) is 52.1 Å². The highest BCUT2D eigenvalue weighted by Gasteiger charge is 2.18. The summed E-state index contributed by atoms with van der Waals surface area (Å²) in [7, 11) is 0. The summed E-state index contributed by atoms with van der Waals surface area (Å²) in [4.78, 5) is 18.5. The predicted molar refractivity (Wildman–Crippen MR) is 80.3 cm³/mol. The number of nitrogens with one attached hydrogen (secondary N) is 1. The van der Waals surface area contributed by atoms with Crippen molar-refractivity contribution in [2.75, 3.05) is 13.1 Å². The van der Waals surface area contributed by atoms with Gasteiger partial charge in [0.1, 0.15) is 0 Å². The third-order valence-corrected chi connectivity index (χ3v) is 4.00. The lowest BCUT2D eigenvalue weighted by atomic mass is 10.1. The first-order valence-electron chi connectivity index (χ1n) is 7.57. The van der Waals surface area contributed by atoms with Crippen LogP contribution in [-0.4, -0.2) is 34.9 Å². The topological polar surface area (TPSA) is 45.2 Å². The number of nitrogens with zero attached hydrogens (tertiary/aromatic N) is 2. The van der Waals surface area contributed by atoms with Gasteiger partial charge >= 0.3 is 0 Å². The quantitative estimate of drug-likeness (QED) is 0.866. The third-order valence-electron chi connectivity index (χ3n) is 4.00. The second-order valence-corrected chi connectivity index (χ2v) is 5.71. The fraction of sp³-hybridized carbons (Fsp3) is 0.625. The zero-order valence-electron chi connectivity index (χ0n) is 12.6. The molecule has 1 atom stereocenters. The monoisotopic (exact) mass is 275 g/mol. The summed E-state index contributed by atoms with van der Waals surface area (Å²) in [6.45, 7) is 7.17. The van der Waals surface area contributed by atoms with E-state index < -0.39 is 0 Å². The Morgan fingerprint density at radius 2 is 2.20 bits per heavy atom. The first kappa shape index (κ1) is 15.0. The molecule has 0 aliphatic carbocycles. The van der Waals surface area contributed by atoms with Gasteiger partial charge in [0.2, 0.25) is 5.91 Å². The number of pyridine rings is 1. The van der Waals surface area contributed by atoms with Crippen LogP contribution in [0.25, 0.3) is 0 Å². The maximum absolute atomic E-state index is 11.9. The molecule has 0 bridgehead atoms. The Morgan fingerprint density at radius 1 is 1.45 bits per heavy atom. The van der Waals surface area contributed by atoms with E-state index in [1.165, 1.54) is 25.9 Å². The maximum atomic E-state index is 11.9. The highest BCUT2D eigenvalue weighted by Crippen LogP contribution is 2.14. The summed E-state index contributed by atoms with van der Waals surface area (Å²) in [6.07, 6.45) is 5.95. The molecule has 1 N–H and O–H groups in total. The maximum Gasteiger partial charge on any atom is 0.220 e. The predicted octanol–water partition coefficient (Wildman–Crippen LogP) is 2.27. The van der Waals surface area contributed by atoms with E-state index in [0.717, 1.165) is 17.7 Å². The molecule has 0 aromatic carbocycles. The van der Waals surface area contributed by atoms with Crippen molar-refractivity contribution in [1.29, 1.82) is 0 Å². The van der Waals surface area contributed by atoms with Crippen molar-refractivity contribution in [2.24, 2.45) is 0 Å². The summed E-state index contributed by atoms with van der Waals surface area (Å²) in [5.41, 5.74) is 2.10. The van der Waals surface area contributed by atoms with E-state index in [1.807, 2.05) is 19.1 Å². The molecule has 4 nitrogen and oxygen atoms in total. The van der Waals surface area contributed by atoms with Crippen molar-refractivity contribution in [1.82, 2.24) is 15.2 Å². The Kier molecular flexibility index (Phi) is 5.53. The number of likely N-dealkylation sites (tertiary alicyclic amines) is 1. The SMILES string of the molecule is Cc1cc(CNC(=O)CCC(C)N2CCCC2)ccn1. The van der Waals surface area contributed by atoms with Crippen molar-refractivity contribution in [3.8, 4) is 0 Å². The van der Waals surface area contributed by atoms with Crippen molar-refractivity contribution >= 4 is 5.91 Å². The number of carbonyl (C=O) groups excluding carboxylic acids is 1. The van der Waals surface area contributed by atoms with Crippen LogP contribution in [0.2, 0.25) is 0 Å². The van der Waals surface area contributed by atoms with Gasteiger partial charge in [-0.2, -0.15) is 0 Å². The number of aryl methyl sites for hydroxylation is 1. The van der Waals surface area contributed by atoms with Crippen LogP contribution in [0.15, 0.2) is 18.3 Å². The van der Waals surface area contributed by atoms with Crippen LogP contribution in [0.1, 0.15) is 43.9 Å². The van der Waals surface area contributed by atoms with Gasteiger partial charge in [-0.3, -0.25) is 9.78 Å². The standard InChI is InChI=1S/C16H25N3O/c1-13-11-15(7-8-17-13)12-18-16(20)6-5-14(2)19-9-3-4-10-19/h7-8,11,14H,3-6,9-10,12H2,1-2H3,(H,18,20). The molecule has 1 saturated heterocycles. The minimum Gasteiger partial charge on any atom is -0.352 e. The molecule has 0 radical (unpaired) electrons. The lowest BCUT2D eigenvalue weighted by Crippen LogP contribution is -2.32. The molecule has 0 spiro atoms. The number of hydrogen-bond donors (Lipinski definition) is 1. The van der Waals surface area contributed by atoms with Gasteiger partial charge in [0.05, 0.1) is 0 Å². The van der Waals surface area contributed by atoms with Crippen LogP contribution in [0.5, 0.6) is 0 Å². The van der Waals surface area contributed by atoms with Crippen LogP contribution in [-0.2, 0) is 11.3 Å². The normalized spacial score (nSPS) is 17.1. The summed E-state index contributed by atoms with van der Waals surface area (Å²) in [5.74, 6) is 0.144.